The first kappa shape index (κ1) is 23.7. The Morgan fingerprint density at radius 2 is 1.88 bits per heavy atom. The Kier molecular flexibility index (Phi) is 8.16. The Morgan fingerprint density at radius 3 is 2.59 bits per heavy atom. The minimum absolute atomic E-state index is 0.0482. The number of nitrogens with one attached hydrogen (secondary N) is 1. The molecule has 8 heteroatoms. The van der Waals surface area contributed by atoms with Gasteiger partial charge in [0.1, 0.15) is 18.1 Å². The molecule has 32 heavy (non-hydrogen) atoms. The molecule has 1 atom stereocenters. The number of para-hydroxylation sites is 3. The normalized spacial score (nSPS) is 11.9. The second-order valence-electron chi connectivity index (χ2n) is 7.68. The largest absolute Gasteiger partial charge is 0.483 e. The molecule has 7 nitrogen and oxygen atoms in total. The van der Waals surface area contributed by atoms with Gasteiger partial charge in [0, 0.05) is 19.7 Å². The number of hydrogen-bond acceptors (Lipinski definition) is 5. The number of thioether (sulfide) groups is 1. The molecule has 1 N–H and O–H groups in total. The van der Waals surface area contributed by atoms with Gasteiger partial charge in [0.05, 0.1) is 22.8 Å². The van der Waals surface area contributed by atoms with Gasteiger partial charge in [0.15, 0.2) is 6.61 Å². The number of carbonyl (C=O) groups excluding carboxylic acids is 2. The first-order chi connectivity index (χ1) is 15.4. The maximum Gasteiger partial charge on any atom is 0.259 e. The van der Waals surface area contributed by atoms with Crippen molar-refractivity contribution in [3.63, 3.8) is 0 Å². The molecule has 3 aromatic rings. The van der Waals surface area contributed by atoms with Crippen molar-refractivity contribution in [3.05, 3.63) is 59.9 Å². The van der Waals surface area contributed by atoms with Crippen molar-refractivity contribution in [1.82, 2.24) is 19.8 Å². The predicted molar refractivity (Wildman–Crippen MR) is 129 cm³/mol. The van der Waals surface area contributed by atoms with Gasteiger partial charge in [-0.1, -0.05) is 37.3 Å². The van der Waals surface area contributed by atoms with E-state index < -0.39 is 0 Å². The zero-order valence-electron chi connectivity index (χ0n) is 19.0. The third-order valence-electron chi connectivity index (χ3n) is 5.20. The van der Waals surface area contributed by atoms with E-state index in [0.29, 0.717) is 12.2 Å². The molecule has 0 aliphatic rings. The first-order valence-corrected chi connectivity index (χ1v) is 12.0. The van der Waals surface area contributed by atoms with Crippen LogP contribution in [-0.4, -0.2) is 53.2 Å². The van der Waals surface area contributed by atoms with E-state index in [9.17, 15) is 9.59 Å². The summed E-state index contributed by atoms with van der Waals surface area (Å²) in [5.74, 6) is 2.00. The average Bonchev–Trinajstić information content (AvgIpc) is 3.13. The Labute approximate surface area is 193 Å². The molecule has 0 fully saturated rings. The van der Waals surface area contributed by atoms with Gasteiger partial charge in [-0.15, -0.1) is 0 Å². The Bertz CT molecular complexity index is 1080. The SMILES string of the molecule is CCC(NC(=O)Cn1c(CSC)nc2ccccc21)c1ccccc1OCC(=O)N(C)C. The van der Waals surface area contributed by atoms with Crippen molar-refractivity contribution in [2.45, 2.75) is 31.7 Å². The number of amides is 2. The number of likely N-dealkylation sites (N-methyl/N-ethyl adjacent to an activating group) is 1. The number of fused-ring (bicyclic) bond motifs is 1. The summed E-state index contributed by atoms with van der Waals surface area (Å²) >= 11 is 1.68. The molecule has 2 amide bonds. The van der Waals surface area contributed by atoms with E-state index in [0.717, 1.165) is 28.2 Å². The standard InChI is InChI=1S/C24H30N4O3S/c1-5-18(17-10-6-9-13-21(17)31-15-24(30)27(2)3)26-23(29)14-28-20-12-8-7-11-19(20)25-22(28)16-32-4/h6-13,18H,5,14-16H2,1-4H3,(H,26,29). The molecule has 0 aliphatic heterocycles. The summed E-state index contributed by atoms with van der Waals surface area (Å²) in [6, 6.07) is 15.2. The van der Waals surface area contributed by atoms with Crippen molar-refractivity contribution in [2.75, 3.05) is 27.0 Å². The van der Waals surface area contributed by atoms with Crippen LogP contribution < -0.4 is 10.1 Å². The lowest BCUT2D eigenvalue weighted by molar-refractivity contribution is -0.130. The molecule has 1 heterocycles. The van der Waals surface area contributed by atoms with E-state index >= 15 is 0 Å². The van der Waals surface area contributed by atoms with Gasteiger partial charge in [0.25, 0.3) is 5.91 Å². The van der Waals surface area contributed by atoms with E-state index in [1.807, 2.05) is 66.3 Å². The van der Waals surface area contributed by atoms with Gasteiger partial charge in [-0.25, -0.2) is 4.98 Å². The molecular formula is C24H30N4O3S. The highest BCUT2D eigenvalue weighted by Crippen LogP contribution is 2.27. The molecule has 170 valence electrons. The van der Waals surface area contributed by atoms with Crippen molar-refractivity contribution in [1.29, 1.82) is 0 Å². The second kappa shape index (κ2) is 11.0. The molecule has 2 aromatic carbocycles. The van der Waals surface area contributed by atoms with Crippen LogP contribution >= 0.6 is 11.8 Å². The smallest absolute Gasteiger partial charge is 0.259 e. The first-order valence-electron chi connectivity index (χ1n) is 10.6. The third-order valence-corrected chi connectivity index (χ3v) is 5.74. The maximum absolute atomic E-state index is 13.1. The quantitative estimate of drug-likeness (QED) is 0.506. The Balaban J connectivity index is 1.77. The molecule has 1 aromatic heterocycles. The van der Waals surface area contributed by atoms with E-state index in [1.165, 1.54) is 4.90 Å². The summed E-state index contributed by atoms with van der Waals surface area (Å²) in [4.78, 5) is 31.2. The van der Waals surface area contributed by atoms with Crippen molar-refractivity contribution in [2.24, 2.45) is 0 Å². The molecular weight excluding hydrogens is 424 g/mol. The highest BCUT2D eigenvalue weighted by molar-refractivity contribution is 7.97. The number of carbonyl (C=O) groups is 2. The van der Waals surface area contributed by atoms with Crippen LogP contribution in [0.3, 0.4) is 0 Å². The zero-order chi connectivity index (χ0) is 23.1. The number of benzene rings is 2. The van der Waals surface area contributed by atoms with Crippen LogP contribution in [0.5, 0.6) is 5.75 Å². The van der Waals surface area contributed by atoms with Crippen LogP contribution in [0.4, 0.5) is 0 Å². The highest BCUT2D eigenvalue weighted by Gasteiger charge is 2.20. The van der Waals surface area contributed by atoms with Crippen molar-refractivity contribution in [3.8, 4) is 5.75 Å². The Morgan fingerprint density at radius 1 is 1.16 bits per heavy atom. The number of aromatic nitrogens is 2. The number of rotatable bonds is 10. The minimum Gasteiger partial charge on any atom is -0.483 e. The number of hydrogen-bond donors (Lipinski definition) is 1. The lowest BCUT2D eigenvalue weighted by atomic mass is 10.0. The predicted octanol–water partition coefficient (Wildman–Crippen LogP) is 3.63. The number of ether oxygens (including phenoxy) is 1. The van der Waals surface area contributed by atoms with E-state index in [-0.39, 0.29) is 31.0 Å². The fraction of sp³-hybridized carbons (Fsp3) is 0.375. The summed E-state index contributed by atoms with van der Waals surface area (Å²) in [5.41, 5.74) is 2.70. The van der Waals surface area contributed by atoms with Crippen LogP contribution in [0.2, 0.25) is 0 Å². The molecule has 0 spiro atoms. The van der Waals surface area contributed by atoms with Gasteiger partial charge in [-0.2, -0.15) is 11.8 Å². The zero-order valence-corrected chi connectivity index (χ0v) is 19.8. The number of imidazole rings is 1. The van der Waals surface area contributed by atoms with Gasteiger partial charge in [-0.3, -0.25) is 9.59 Å². The fourth-order valence-corrected chi connectivity index (χ4v) is 3.97. The van der Waals surface area contributed by atoms with E-state index in [2.05, 4.69) is 10.3 Å². The van der Waals surface area contributed by atoms with Gasteiger partial charge >= 0.3 is 0 Å². The lowest BCUT2D eigenvalue weighted by Gasteiger charge is -2.21. The van der Waals surface area contributed by atoms with Crippen LogP contribution in [-0.2, 0) is 21.9 Å². The van der Waals surface area contributed by atoms with E-state index in [4.69, 9.17) is 4.74 Å². The lowest BCUT2D eigenvalue weighted by Crippen LogP contribution is -2.32. The average molecular weight is 455 g/mol. The van der Waals surface area contributed by atoms with Crippen LogP contribution in [0.15, 0.2) is 48.5 Å². The fourth-order valence-electron chi connectivity index (χ4n) is 3.49. The summed E-state index contributed by atoms with van der Waals surface area (Å²) < 4.78 is 7.76. The van der Waals surface area contributed by atoms with Gasteiger partial charge < -0.3 is 19.5 Å². The molecule has 0 saturated carbocycles. The number of nitrogens with zero attached hydrogens (tertiary/aromatic N) is 3. The second-order valence-corrected chi connectivity index (χ2v) is 8.54. The van der Waals surface area contributed by atoms with Crippen LogP contribution in [0, 0.1) is 0 Å². The third kappa shape index (κ3) is 5.62. The Hall–Kier alpha value is -3.00. The van der Waals surface area contributed by atoms with Crippen molar-refractivity contribution >= 4 is 34.6 Å². The van der Waals surface area contributed by atoms with Gasteiger partial charge in [0.2, 0.25) is 5.91 Å². The summed E-state index contributed by atoms with van der Waals surface area (Å²) in [7, 11) is 3.38. The highest BCUT2D eigenvalue weighted by atomic mass is 32.2. The van der Waals surface area contributed by atoms with Crippen molar-refractivity contribution < 1.29 is 14.3 Å². The summed E-state index contributed by atoms with van der Waals surface area (Å²) in [6.07, 6.45) is 2.71. The topological polar surface area (TPSA) is 76.5 Å². The van der Waals surface area contributed by atoms with Crippen LogP contribution in [0.1, 0.15) is 30.8 Å². The molecule has 0 radical (unpaired) electrons. The summed E-state index contributed by atoms with van der Waals surface area (Å²) in [5, 5.41) is 3.14. The molecule has 3 rings (SSSR count). The van der Waals surface area contributed by atoms with Crippen LogP contribution in [0.25, 0.3) is 11.0 Å². The molecule has 1 unspecified atom stereocenters. The molecule has 0 bridgehead atoms. The summed E-state index contributed by atoms with van der Waals surface area (Å²) in [6.45, 7) is 2.15. The van der Waals surface area contributed by atoms with Gasteiger partial charge in [-0.05, 0) is 30.9 Å². The molecule has 0 aliphatic carbocycles. The van der Waals surface area contributed by atoms with E-state index in [1.54, 1.807) is 25.9 Å². The maximum atomic E-state index is 13.1. The molecule has 0 saturated heterocycles. The minimum atomic E-state index is -0.230. The monoisotopic (exact) mass is 454 g/mol.